The van der Waals surface area contributed by atoms with Crippen molar-refractivity contribution in [2.75, 3.05) is 25.4 Å². The number of aromatic nitrogens is 2. The number of thioether (sulfide) groups is 1. The normalized spacial score (nSPS) is 10.9. The zero-order chi connectivity index (χ0) is 11.1. The van der Waals surface area contributed by atoms with E-state index in [1.807, 2.05) is 0 Å². The van der Waals surface area contributed by atoms with Crippen LogP contribution in [0.1, 0.15) is 13.8 Å². The first kappa shape index (κ1) is 12.4. The molecule has 1 aromatic heterocycles. The van der Waals surface area contributed by atoms with Gasteiger partial charge in [-0.3, -0.25) is 0 Å². The average molecular weight is 229 g/mol. The molecular weight excluding hydrogens is 213 g/mol. The molecule has 0 fully saturated rings. The molecule has 1 rings (SSSR count). The lowest BCUT2D eigenvalue weighted by Crippen LogP contribution is -2.25. The van der Waals surface area contributed by atoms with Gasteiger partial charge in [-0.15, -0.1) is 11.8 Å². The minimum absolute atomic E-state index is 0.463. The summed E-state index contributed by atoms with van der Waals surface area (Å²) in [6, 6.07) is 1.37. The summed E-state index contributed by atoms with van der Waals surface area (Å²) in [5.41, 5.74) is 0. The largest absolute Gasteiger partial charge is 0.303 e. The molecule has 3 nitrogen and oxygen atoms in total. The van der Waals surface area contributed by atoms with Crippen molar-refractivity contribution >= 4 is 11.8 Å². The average Bonchev–Trinajstić information content (AvgIpc) is 2.25. The van der Waals surface area contributed by atoms with E-state index in [0.29, 0.717) is 5.03 Å². The fraction of sp³-hybridized carbons (Fsp3) is 0.600. The molecule has 0 amide bonds. The van der Waals surface area contributed by atoms with Gasteiger partial charge in [-0.25, -0.2) is 9.97 Å². The van der Waals surface area contributed by atoms with Gasteiger partial charge >= 0.3 is 0 Å². The Labute approximate surface area is 94.1 Å². The predicted molar refractivity (Wildman–Crippen MR) is 60.5 cm³/mol. The molecule has 0 saturated heterocycles. The van der Waals surface area contributed by atoms with Gasteiger partial charge in [-0.1, -0.05) is 13.8 Å². The molecule has 0 spiro atoms. The quantitative estimate of drug-likeness (QED) is 0.551. The second-order valence-electron chi connectivity index (χ2n) is 3.05. The van der Waals surface area contributed by atoms with Gasteiger partial charge in [0.15, 0.2) is 0 Å². The van der Waals surface area contributed by atoms with Crippen LogP contribution < -0.4 is 0 Å². The number of halogens is 1. The Kier molecular flexibility index (Phi) is 5.57. The minimum atomic E-state index is -0.463. The van der Waals surface area contributed by atoms with Crippen LogP contribution in [-0.2, 0) is 0 Å². The topological polar surface area (TPSA) is 29.0 Å². The SMILES string of the molecule is CCN(CC)CCSc1cc(F)ncn1. The third kappa shape index (κ3) is 4.57. The van der Waals surface area contributed by atoms with Gasteiger partial charge in [-0.2, -0.15) is 4.39 Å². The summed E-state index contributed by atoms with van der Waals surface area (Å²) in [5.74, 6) is 0.466. The van der Waals surface area contributed by atoms with E-state index in [0.717, 1.165) is 25.4 Å². The van der Waals surface area contributed by atoms with Crippen LogP contribution in [0.25, 0.3) is 0 Å². The monoisotopic (exact) mass is 229 g/mol. The highest BCUT2D eigenvalue weighted by Crippen LogP contribution is 2.14. The second kappa shape index (κ2) is 6.74. The van der Waals surface area contributed by atoms with E-state index in [2.05, 4.69) is 28.7 Å². The second-order valence-corrected chi connectivity index (χ2v) is 4.17. The summed E-state index contributed by atoms with van der Waals surface area (Å²) in [5, 5.41) is 0.703. The Bertz CT molecular complexity index is 292. The smallest absolute Gasteiger partial charge is 0.217 e. The highest BCUT2D eigenvalue weighted by molar-refractivity contribution is 7.99. The summed E-state index contributed by atoms with van der Waals surface area (Å²) < 4.78 is 12.7. The van der Waals surface area contributed by atoms with Crippen LogP contribution in [0.3, 0.4) is 0 Å². The Morgan fingerprint density at radius 3 is 2.67 bits per heavy atom. The van der Waals surface area contributed by atoms with Crippen molar-refractivity contribution in [2.24, 2.45) is 0 Å². The summed E-state index contributed by atoms with van der Waals surface area (Å²) in [6.45, 7) is 7.38. The van der Waals surface area contributed by atoms with Gasteiger partial charge in [0.25, 0.3) is 0 Å². The standard InChI is InChI=1S/C10H16FN3S/c1-3-14(4-2)5-6-15-10-7-9(11)12-8-13-10/h7-8H,3-6H2,1-2H3. The van der Waals surface area contributed by atoms with E-state index in [1.165, 1.54) is 12.4 Å². The van der Waals surface area contributed by atoms with Gasteiger partial charge in [-0.05, 0) is 13.1 Å². The highest BCUT2D eigenvalue weighted by atomic mass is 32.2. The zero-order valence-corrected chi connectivity index (χ0v) is 9.93. The first-order chi connectivity index (χ1) is 7.26. The Morgan fingerprint density at radius 2 is 2.07 bits per heavy atom. The molecule has 0 radical (unpaired) electrons. The van der Waals surface area contributed by atoms with Crippen molar-refractivity contribution in [2.45, 2.75) is 18.9 Å². The Hall–Kier alpha value is -0.680. The van der Waals surface area contributed by atoms with E-state index in [9.17, 15) is 4.39 Å². The molecule has 0 bridgehead atoms. The maximum Gasteiger partial charge on any atom is 0.217 e. The molecule has 1 heterocycles. The molecule has 15 heavy (non-hydrogen) atoms. The molecule has 0 aromatic carbocycles. The van der Waals surface area contributed by atoms with Crippen molar-refractivity contribution in [3.63, 3.8) is 0 Å². The fourth-order valence-electron chi connectivity index (χ4n) is 1.22. The van der Waals surface area contributed by atoms with Crippen LogP contribution in [0.15, 0.2) is 17.4 Å². The van der Waals surface area contributed by atoms with Crippen LogP contribution in [0.2, 0.25) is 0 Å². The summed E-state index contributed by atoms with van der Waals surface area (Å²) >= 11 is 1.56. The fourth-order valence-corrected chi connectivity index (χ4v) is 2.08. The number of hydrogen-bond donors (Lipinski definition) is 0. The van der Waals surface area contributed by atoms with Crippen molar-refractivity contribution in [1.82, 2.24) is 14.9 Å². The van der Waals surface area contributed by atoms with E-state index in [-0.39, 0.29) is 0 Å². The van der Waals surface area contributed by atoms with E-state index < -0.39 is 5.95 Å². The lowest BCUT2D eigenvalue weighted by molar-refractivity contribution is 0.324. The first-order valence-electron chi connectivity index (χ1n) is 5.09. The maximum atomic E-state index is 12.7. The maximum absolute atomic E-state index is 12.7. The highest BCUT2D eigenvalue weighted by Gasteiger charge is 2.01. The molecule has 0 atom stereocenters. The lowest BCUT2D eigenvalue weighted by Gasteiger charge is -2.16. The van der Waals surface area contributed by atoms with Crippen LogP contribution in [-0.4, -0.2) is 40.3 Å². The lowest BCUT2D eigenvalue weighted by atomic mass is 10.5. The minimum Gasteiger partial charge on any atom is -0.303 e. The molecule has 1 aromatic rings. The van der Waals surface area contributed by atoms with Crippen LogP contribution in [0.4, 0.5) is 4.39 Å². The van der Waals surface area contributed by atoms with Crippen LogP contribution in [0.5, 0.6) is 0 Å². The van der Waals surface area contributed by atoms with Gasteiger partial charge in [0.05, 0.1) is 0 Å². The molecule has 0 unspecified atom stereocenters. The van der Waals surface area contributed by atoms with Gasteiger partial charge in [0.1, 0.15) is 11.4 Å². The molecule has 0 aliphatic heterocycles. The molecule has 84 valence electrons. The number of nitrogens with zero attached hydrogens (tertiary/aromatic N) is 3. The van der Waals surface area contributed by atoms with Crippen molar-refractivity contribution in [3.8, 4) is 0 Å². The molecule has 0 aliphatic rings. The van der Waals surface area contributed by atoms with Crippen molar-refractivity contribution < 1.29 is 4.39 Å². The Morgan fingerprint density at radius 1 is 1.33 bits per heavy atom. The van der Waals surface area contributed by atoms with E-state index in [1.54, 1.807) is 11.8 Å². The van der Waals surface area contributed by atoms with Crippen molar-refractivity contribution in [3.05, 3.63) is 18.3 Å². The molecule has 0 saturated carbocycles. The van der Waals surface area contributed by atoms with E-state index >= 15 is 0 Å². The summed E-state index contributed by atoms with van der Waals surface area (Å²) in [4.78, 5) is 9.72. The first-order valence-corrected chi connectivity index (χ1v) is 6.07. The van der Waals surface area contributed by atoms with Crippen LogP contribution in [0, 0.1) is 5.95 Å². The van der Waals surface area contributed by atoms with Gasteiger partial charge < -0.3 is 4.90 Å². The predicted octanol–water partition coefficient (Wildman–Crippen LogP) is 2.05. The summed E-state index contributed by atoms with van der Waals surface area (Å²) in [7, 11) is 0. The number of rotatable bonds is 6. The Balaban J connectivity index is 2.31. The number of hydrogen-bond acceptors (Lipinski definition) is 4. The molecular formula is C10H16FN3S. The van der Waals surface area contributed by atoms with Crippen molar-refractivity contribution in [1.29, 1.82) is 0 Å². The molecule has 5 heteroatoms. The van der Waals surface area contributed by atoms with Gasteiger partial charge in [0.2, 0.25) is 5.95 Å². The molecule has 0 aliphatic carbocycles. The zero-order valence-electron chi connectivity index (χ0n) is 9.11. The van der Waals surface area contributed by atoms with Gasteiger partial charge in [0, 0.05) is 18.4 Å². The summed E-state index contributed by atoms with van der Waals surface area (Å²) in [6.07, 6.45) is 1.26. The van der Waals surface area contributed by atoms with Crippen LogP contribution >= 0.6 is 11.8 Å². The van der Waals surface area contributed by atoms with E-state index in [4.69, 9.17) is 0 Å². The third-order valence-electron chi connectivity index (χ3n) is 2.16. The molecule has 0 N–H and O–H groups in total. The third-order valence-corrected chi connectivity index (χ3v) is 3.07.